The highest BCUT2D eigenvalue weighted by Crippen LogP contribution is 2.17. The molecule has 1 aromatic heterocycles. The minimum absolute atomic E-state index is 0.139. The second-order valence-corrected chi connectivity index (χ2v) is 5.39. The Morgan fingerprint density at radius 2 is 2.57 bits per heavy atom. The SMILES string of the molecule is Cc1cnc(CC2=CC(Cl)CNC2)s1. The van der Waals surface area contributed by atoms with Gasteiger partial charge in [-0.2, -0.15) is 0 Å². The van der Waals surface area contributed by atoms with Gasteiger partial charge in [0.1, 0.15) is 0 Å². The van der Waals surface area contributed by atoms with Gasteiger partial charge >= 0.3 is 0 Å². The first-order valence-corrected chi connectivity index (χ1v) is 5.95. The molecule has 0 saturated heterocycles. The fourth-order valence-corrected chi connectivity index (χ4v) is 2.67. The average molecular weight is 229 g/mol. The van der Waals surface area contributed by atoms with Crippen molar-refractivity contribution in [1.82, 2.24) is 10.3 Å². The van der Waals surface area contributed by atoms with E-state index in [4.69, 9.17) is 11.6 Å². The number of hydrogen-bond acceptors (Lipinski definition) is 3. The Hall–Kier alpha value is -0.380. The van der Waals surface area contributed by atoms with Gasteiger partial charge in [-0.25, -0.2) is 4.98 Å². The van der Waals surface area contributed by atoms with E-state index in [2.05, 4.69) is 23.3 Å². The molecular formula is C10H13ClN2S. The molecule has 0 amide bonds. The molecule has 0 aliphatic carbocycles. The van der Waals surface area contributed by atoms with E-state index in [9.17, 15) is 0 Å². The van der Waals surface area contributed by atoms with Crippen molar-refractivity contribution in [2.45, 2.75) is 18.7 Å². The van der Waals surface area contributed by atoms with Gasteiger partial charge in [-0.1, -0.05) is 11.6 Å². The molecule has 1 unspecified atom stereocenters. The zero-order valence-electron chi connectivity index (χ0n) is 8.09. The van der Waals surface area contributed by atoms with Crippen LogP contribution in [-0.2, 0) is 6.42 Å². The summed E-state index contributed by atoms with van der Waals surface area (Å²) in [5.41, 5.74) is 1.35. The third-order valence-electron chi connectivity index (χ3n) is 2.16. The van der Waals surface area contributed by atoms with Crippen LogP contribution in [0.3, 0.4) is 0 Å². The van der Waals surface area contributed by atoms with Gasteiger partial charge in [-0.05, 0) is 6.92 Å². The number of nitrogens with one attached hydrogen (secondary N) is 1. The monoisotopic (exact) mass is 228 g/mol. The van der Waals surface area contributed by atoms with E-state index in [1.165, 1.54) is 15.5 Å². The second-order valence-electron chi connectivity index (χ2n) is 3.51. The summed E-state index contributed by atoms with van der Waals surface area (Å²) in [7, 11) is 0. The van der Waals surface area contributed by atoms with E-state index in [1.54, 1.807) is 11.3 Å². The highest BCUT2D eigenvalue weighted by Gasteiger charge is 2.11. The Balaban J connectivity index is 2.03. The van der Waals surface area contributed by atoms with Gasteiger partial charge in [0.25, 0.3) is 0 Å². The number of thiazole rings is 1. The number of alkyl halides is 1. The number of halogens is 1. The van der Waals surface area contributed by atoms with Crippen LogP contribution in [0.25, 0.3) is 0 Å². The van der Waals surface area contributed by atoms with Crippen LogP contribution in [0.4, 0.5) is 0 Å². The van der Waals surface area contributed by atoms with E-state index in [1.807, 2.05) is 6.20 Å². The van der Waals surface area contributed by atoms with Gasteiger partial charge in [0.2, 0.25) is 0 Å². The average Bonchev–Trinajstić information content (AvgIpc) is 2.51. The third kappa shape index (κ3) is 2.56. The molecule has 14 heavy (non-hydrogen) atoms. The summed E-state index contributed by atoms with van der Waals surface area (Å²) in [5.74, 6) is 0. The Morgan fingerprint density at radius 1 is 1.71 bits per heavy atom. The standard InChI is InChI=1S/C10H13ClN2S/c1-7-4-13-10(14-7)3-8-2-9(11)6-12-5-8/h2,4,9,12H,3,5-6H2,1H3. The molecule has 1 aliphatic rings. The lowest BCUT2D eigenvalue weighted by Gasteiger charge is -2.17. The first-order valence-electron chi connectivity index (χ1n) is 4.69. The molecule has 76 valence electrons. The third-order valence-corrected chi connectivity index (χ3v) is 3.35. The van der Waals surface area contributed by atoms with Crippen molar-refractivity contribution in [3.05, 3.63) is 27.7 Å². The Bertz CT molecular complexity index is 346. The van der Waals surface area contributed by atoms with E-state index in [0.29, 0.717) is 0 Å². The zero-order chi connectivity index (χ0) is 9.97. The summed E-state index contributed by atoms with van der Waals surface area (Å²) in [6.45, 7) is 3.91. The maximum Gasteiger partial charge on any atom is 0.0968 e. The first kappa shape index (κ1) is 10.1. The van der Waals surface area contributed by atoms with Crippen molar-refractivity contribution < 1.29 is 0 Å². The normalized spacial score (nSPS) is 22.1. The predicted octanol–water partition coefficient (Wildman–Crippen LogP) is 2.13. The van der Waals surface area contributed by atoms with Crippen molar-refractivity contribution in [1.29, 1.82) is 0 Å². The molecule has 2 heterocycles. The largest absolute Gasteiger partial charge is 0.311 e. The highest BCUT2D eigenvalue weighted by molar-refractivity contribution is 7.11. The topological polar surface area (TPSA) is 24.9 Å². The number of aryl methyl sites for hydroxylation is 1. The smallest absolute Gasteiger partial charge is 0.0968 e. The summed E-state index contributed by atoms with van der Waals surface area (Å²) in [5, 5.41) is 4.61. The van der Waals surface area contributed by atoms with E-state index >= 15 is 0 Å². The number of aromatic nitrogens is 1. The maximum absolute atomic E-state index is 6.03. The van der Waals surface area contributed by atoms with Gasteiger partial charge in [0.05, 0.1) is 10.4 Å². The molecule has 2 rings (SSSR count). The Kier molecular flexibility index (Phi) is 3.21. The minimum atomic E-state index is 0.139. The van der Waals surface area contributed by atoms with Crippen LogP contribution >= 0.6 is 22.9 Å². The highest BCUT2D eigenvalue weighted by atomic mass is 35.5. The van der Waals surface area contributed by atoms with Crippen LogP contribution in [0.1, 0.15) is 9.88 Å². The van der Waals surface area contributed by atoms with Crippen molar-refractivity contribution in [3.63, 3.8) is 0 Å². The van der Waals surface area contributed by atoms with Gasteiger partial charge in [0, 0.05) is 30.6 Å². The van der Waals surface area contributed by atoms with Crippen molar-refractivity contribution >= 4 is 22.9 Å². The van der Waals surface area contributed by atoms with E-state index < -0.39 is 0 Å². The minimum Gasteiger partial charge on any atom is -0.311 e. The molecule has 0 spiro atoms. The molecule has 1 aliphatic heterocycles. The molecule has 1 atom stereocenters. The summed E-state index contributed by atoms with van der Waals surface area (Å²) >= 11 is 7.79. The van der Waals surface area contributed by atoms with Gasteiger partial charge < -0.3 is 5.32 Å². The van der Waals surface area contributed by atoms with Crippen LogP contribution in [0.5, 0.6) is 0 Å². The first-order chi connectivity index (χ1) is 6.74. The molecule has 1 N–H and O–H groups in total. The van der Waals surface area contributed by atoms with Crippen LogP contribution < -0.4 is 5.32 Å². The van der Waals surface area contributed by atoms with E-state index in [0.717, 1.165) is 19.5 Å². The molecule has 0 saturated carbocycles. The lowest BCUT2D eigenvalue weighted by Crippen LogP contribution is -2.30. The fourth-order valence-electron chi connectivity index (χ4n) is 1.54. The molecule has 1 aromatic rings. The van der Waals surface area contributed by atoms with Crippen molar-refractivity contribution in [2.24, 2.45) is 0 Å². The molecule has 4 heteroatoms. The lowest BCUT2D eigenvalue weighted by atomic mass is 10.1. The molecule has 0 fully saturated rings. The summed E-state index contributed by atoms with van der Waals surface area (Å²) in [6.07, 6.45) is 5.01. The zero-order valence-corrected chi connectivity index (χ0v) is 9.66. The van der Waals surface area contributed by atoms with Crippen molar-refractivity contribution in [3.8, 4) is 0 Å². The Labute approximate surface area is 93.0 Å². The molecule has 2 nitrogen and oxygen atoms in total. The number of hydrogen-bond donors (Lipinski definition) is 1. The van der Waals surface area contributed by atoms with Gasteiger partial charge in [-0.3, -0.25) is 0 Å². The maximum atomic E-state index is 6.03. The van der Waals surface area contributed by atoms with Crippen LogP contribution in [-0.4, -0.2) is 23.5 Å². The van der Waals surface area contributed by atoms with Crippen LogP contribution in [0, 0.1) is 6.92 Å². The molecular weight excluding hydrogens is 216 g/mol. The fraction of sp³-hybridized carbons (Fsp3) is 0.500. The van der Waals surface area contributed by atoms with Crippen LogP contribution in [0.2, 0.25) is 0 Å². The quantitative estimate of drug-likeness (QED) is 0.620. The summed E-state index contributed by atoms with van der Waals surface area (Å²) in [6, 6.07) is 0. The van der Waals surface area contributed by atoms with Gasteiger partial charge in [0.15, 0.2) is 0 Å². The second kappa shape index (κ2) is 4.43. The summed E-state index contributed by atoms with van der Waals surface area (Å²) < 4.78 is 0. The lowest BCUT2D eigenvalue weighted by molar-refractivity contribution is 0.694. The number of nitrogens with zero attached hydrogens (tertiary/aromatic N) is 1. The van der Waals surface area contributed by atoms with Crippen molar-refractivity contribution in [2.75, 3.05) is 13.1 Å². The predicted molar refractivity (Wildman–Crippen MR) is 61.1 cm³/mol. The van der Waals surface area contributed by atoms with Gasteiger partial charge in [-0.15, -0.1) is 22.9 Å². The molecule has 0 bridgehead atoms. The molecule has 0 radical (unpaired) electrons. The molecule has 0 aromatic carbocycles. The van der Waals surface area contributed by atoms with E-state index in [-0.39, 0.29) is 5.38 Å². The summed E-state index contributed by atoms with van der Waals surface area (Å²) in [4.78, 5) is 5.61. The number of rotatable bonds is 2. The van der Waals surface area contributed by atoms with Crippen LogP contribution in [0.15, 0.2) is 17.8 Å². The Morgan fingerprint density at radius 3 is 3.21 bits per heavy atom.